The van der Waals surface area contributed by atoms with Crippen LogP contribution in [0.5, 0.6) is 0 Å². The molecule has 6 heteroatoms. The van der Waals surface area contributed by atoms with Crippen molar-refractivity contribution in [3.63, 3.8) is 0 Å². The van der Waals surface area contributed by atoms with Crippen LogP contribution in [0.2, 0.25) is 34.5 Å². The predicted octanol–water partition coefficient (Wildman–Crippen LogP) is 10.9. The zero-order chi connectivity index (χ0) is 35.0. The van der Waals surface area contributed by atoms with Gasteiger partial charge < -0.3 is 0 Å². The van der Waals surface area contributed by atoms with Gasteiger partial charge in [-0.3, -0.25) is 0 Å². The molecule has 0 aliphatic rings. The Bertz CT molecular complexity index is 2210. The molecule has 0 N–H and O–H groups in total. The first-order chi connectivity index (χ1) is 23.2. The summed E-state index contributed by atoms with van der Waals surface area (Å²) in [6.45, 7) is 3.77. The molecule has 0 fully saturated rings. The van der Waals surface area contributed by atoms with Crippen LogP contribution in [-0.2, 0) is 20.1 Å². The SMILES string of the molecule is [2H]C(C)(C)c1ccnc(-c2[c-]ccc3c2oc2cc(-c4cc[c]([Ge]([CH3])([CH3])[CH3])cc4)ccc23)c1.[CH3][Ge]([CH3])([CH3])[c]1ccc(-c2[c-]cccc2)nc1.[Ir]. The van der Waals surface area contributed by atoms with Crippen LogP contribution in [0.3, 0.4) is 0 Å². The molecular weight excluding hydrogens is 898 g/mol. The van der Waals surface area contributed by atoms with Crippen molar-refractivity contribution in [2.75, 3.05) is 0 Å². The second-order valence-electron chi connectivity index (χ2n) is 14.6. The van der Waals surface area contributed by atoms with Crippen LogP contribution in [0.25, 0.3) is 55.6 Å². The summed E-state index contributed by atoms with van der Waals surface area (Å²) in [5.41, 5.74) is 8.60. The summed E-state index contributed by atoms with van der Waals surface area (Å²) in [5, 5.41) is 2.14. The van der Waals surface area contributed by atoms with Crippen LogP contribution >= 0.6 is 0 Å². The van der Waals surface area contributed by atoms with Gasteiger partial charge in [-0.2, -0.15) is 0 Å². The maximum absolute atomic E-state index is 8.38. The third-order valence-electron chi connectivity index (χ3n) is 8.73. The standard InChI is InChI=1S/C29H28GeNO.C14H16GeN.Ir/c1-19(2)21-15-16-31-27(17-21)26-8-6-7-25-24-14-11-22(18-28(24)32-29(25)26)20-9-12-23(13-10-20)30(3,4)5;1-15(2,3)13-9-10-14(16-11-13)12-7-5-4-6-8-12;/h6-7,9-19H,1-5H3;4-7,9-11H,1-3H3;/q2*-1;/i19D;;. The van der Waals surface area contributed by atoms with Crippen molar-refractivity contribution in [2.24, 2.45) is 0 Å². The summed E-state index contributed by atoms with van der Waals surface area (Å²) in [7, 11) is 0. The average molecular weight is 943 g/mol. The first kappa shape index (κ1) is 35.5. The minimum absolute atomic E-state index is 0. The number of rotatable bonds is 6. The van der Waals surface area contributed by atoms with Gasteiger partial charge in [-0.15, -0.1) is 0 Å². The van der Waals surface area contributed by atoms with E-state index in [4.69, 9.17) is 5.79 Å². The number of fused-ring (bicyclic) bond motifs is 3. The zero-order valence-electron chi connectivity index (χ0n) is 30.6. The van der Waals surface area contributed by atoms with Crippen LogP contribution in [0.1, 0.15) is 26.7 Å². The van der Waals surface area contributed by atoms with E-state index in [9.17, 15) is 0 Å². The van der Waals surface area contributed by atoms with Crippen molar-refractivity contribution >= 4 is 57.3 Å². The first-order valence-electron chi connectivity index (χ1n) is 17.1. The topological polar surface area (TPSA) is 38.9 Å². The van der Waals surface area contributed by atoms with Gasteiger partial charge >= 0.3 is 255 Å². The zero-order valence-corrected chi connectivity index (χ0v) is 36.2. The largest absolute Gasteiger partial charge is 0 e. The first-order valence-corrected chi connectivity index (χ1v) is 31.3. The summed E-state index contributed by atoms with van der Waals surface area (Å²) in [5.74, 6) is 13.7. The average Bonchev–Trinajstić information content (AvgIpc) is 3.46. The molecule has 0 atom stereocenters. The Morgan fingerprint density at radius 1 is 0.673 bits per heavy atom. The van der Waals surface area contributed by atoms with Crippen molar-refractivity contribution in [3.05, 3.63) is 133 Å². The molecule has 7 aromatic rings. The Balaban J connectivity index is 0.000000241. The third kappa shape index (κ3) is 8.54. The normalized spacial score (nSPS) is 12.2. The Morgan fingerprint density at radius 3 is 2.02 bits per heavy atom. The van der Waals surface area contributed by atoms with Crippen molar-refractivity contribution in [1.29, 1.82) is 0 Å². The van der Waals surface area contributed by atoms with Gasteiger partial charge in [-0.1, -0.05) is 19.4 Å². The molecule has 0 aliphatic heterocycles. The molecule has 3 aromatic heterocycles. The van der Waals surface area contributed by atoms with Gasteiger partial charge in [-0.25, -0.2) is 0 Å². The molecule has 0 bridgehead atoms. The summed E-state index contributed by atoms with van der Waals surface area (Å²) < 4.78 is 17.7. The fraction of sp³-hybridized carbons (Fsp3) is 0.209. The van der Waals surface area contributed by atoms with E-state index in [1.807, 2.05) is 68.6 Å². The Hall–Kier alpha value is -3.28. The molecule has 4 aromatic carbocycles. The molecule has 0 saturated carbocycles. The number of furan rings is 1. The smallest absolute Gasteiger partial charge is 0 e. The Kier molecular flexibility index (Phi) is 11.1. The monoisotopic (exact) mass is 946 g/mol. The number of hydrogen-bond acceptors (Lipinski definition) is 3. The molecule has 0 unspecified atom stereocenters. The number of pyridine rings is 2. The number of nitrogens with zero attached hydrogens (tertiary/aromatic N) is 2. The van der Waals surface area contributed by atoms with Gasteiger partial charge in [0.25, 0.3) is 0 Å². The molecular formula is C43H44Ge2IrN2O-2. The van der Waals surface area contributed by atoms with Crippen LogP contribution in [0.15, 0.2) is 120 Å². The van der Waals surface area contributed by atoms with Gasteiger partial charge in [-0.05, 0) is 12.0 Å². The van der Waals surface area contributed by atoms with Crippen molar-refractivity contribution in [3.8, 4) is 33.6 Å². The van der Waals surface area contributed by atoms with Gasteiger partial charge in [0.15, 0.2) is 0 Å². The van der Waals surface area contributed by atoms with E-state index in [1.165, 1.54) is 14.4 Å². The fourth-order valence-electron chi connectivity index (χ4n) is 5.70. The number of benzene rings is 4. The third-order valence-corrected chi connectivity index (χ3v) is 17.3. The van der Waals surface area contributed by atoms with Crippen molar-refractivity contribution < 1.29 is 25.9 Å². The number of aromatic nitrogens is 2. The second-order valence-corrected chi connectivity index (χ2v) is 35.9. The molecule has 0 saturated heterocycles. The summed E-state index contributed by atoms with van der Waals surface area (Å²) in [6.07, 6.45) is 3.80. The van der Waals surface area contributed by atoms with Crippen LogP contribution in [-0.4, -0.2) is 36.5 Å². The predicted molar refractivity (Wildman–Crippen MR) is 210 cm³/mol. The van der Waals surface area contributed by atoms with E-state index >= 15 is 0 Å². The summed E-state index contributed by atoms with van der Waals surface area (Å²) in [4.78, 5) is 9.10. The molecule has 0 aliphatic carbocycles. The Morgan fingerprint density at radius 2 is 1.39 bits per heavy atom. The van der Waals surface area contributed by atoms with E-state index in [0.29, 0.717) is 0 Å². The quantitative estimate of drug-likeness (QED) is 0.123. The van der Waals surface area contributed by atoms with Gasteiger partial charge in [0.2, 0.25) is 0 Å². The molecule has 1 radical (unpaired) electrons. The summed E-state index contributed by atoms with van der Waals surface area (Å²) in [6, 6.07) is 42.1. The van der Waals surface area contributed by atoms with E-state index < -0.39 is 32.4 Å². The molecule has 3 heterocycles. The molecule has 49 heavy (non-hydrogen) atoms. The fourth-order valence-corrected chi connectivity index (χ4v) is 10.3. The Labute approximate surface area is 312 Å². The minimum atomic E-state index is -1.83. The molecule has 251 valence electrons. The van der Waals surface area contributed by atoms with Crippen LogP contribution < -0.4 is 8.79 Å². The molecule has 0 amide bonds. The van der Waals surface area contributed by atoms with E-state index in [1.54, 1.807) is 6.20 Å². The maximum Gasteiger partial charge on any atom is 0 e. The second kappa shape index (κ2) is 15.3. The van der Waals surface area contributed by atoms with E-state index in [0.717, 1.165) is 55.6 Å². The number of hydrogen-bond donors (Lipinski definition) is 0. The molecule has 7 rings (SSSR count). The van der Waals surface area contributed by atoms with Crippen LogP contribution in [0, 0.1) is 12.1 Å². The van der Waals surface area contributed by atoms with Crippen LogP contribution in [0.4, 0.5) is 0 Å². The van der Waals surface area contributed by atoms with Crippen molar-refractivity contribution in [1.82, 2.24) is 9.97 Å². The maximum atomic E-state index is 8.38. The molecule has 3 nitrogen and oxygen atoms in total. The van der Waals surface area contributed by atoms with Gasteiger partial charge in [0, 0.05) is 27.7 Å². The summed E-state index contributed by atoms with van der Waals surface area (Å²) >= 11 is -3.54. The minimum Gasteiger partial charge on any atom is 0 e. The van der Waals surface area contributed by atoms with Gasteiger partial charge in [0.1, 0.15) is 0 Å². The van der Waals surface area contributed by atoms with E-state index in [2.05, 4.69) is 111 Å². The van der Waals surface area contributed by atoms with Gasteiger partial charge in [0.05, 0.1) is 0 Å². The van der Waals surface area contributed by atoms with E-state index in [-0.39, 0.29) is 20.1 Å². The van der Waals surface area contributed by atoms with Crippen molar-refractivity contribution in [2.45, 2.75) is 54.3 Å². The molecule has 0 spiro atoms.